The smallest absolute Gasteiger partial charge is 0.320 e. The minimum Gasteiger partial charge on any atom is -0.465 e. The van der Waals surface area contributed by atoms with Crippen LogP contribution >= 0.6 is 0 Å². The third-order valence-corrected chi connectivity index (χ3v) is 5.69. The summed E-state index contributed by atoms with van der Waals surface area (Å²) in [5, 5.41) is 8.94. The lowest BCUT2D eigenvalue weighted by molar-refractivity contribution is -0.144. The number of amides is 1. The van der Waals surface area contributed by atoms with Gasteiger partial charge in [0.25, 0.3) is 0 Å². The van der Waals surface area contributed by atoms with Crippen molar-refractivity contribution in [1.82, 2.24) is 9.80 Å². The van der Waals surface area contributed by atoms with Gasteiger partial charge in [0.05, 0.1) is 30.8 Å². The zero-order chi connectivity index (χ0) is 20.1. The van der Waals surface area contributed by atoms with Gasteiger partial charge in [0.15, 0.2) is 0 Å². The number of esters is 1. The van der Waals surface area contributed by atoms with Gasteiger partial charge in [-0.1, -0.05) is 0 Å². The van der Waals surface area contributed by atoms with Crippen LogP contribution in [0.15, 0.2) is 24.3 Å². The van der Waals surface area contributed by atoms with Crippen molar-refractivity contribution >= 4 is 17.6 Å². The van der Waals surface area contributed by atoms with Crippen LogP contribution in [0.5, 0.6) is 0 Å². The van der Waals surface area contributed by atoms with Crippen LogP contribution in [0, 0.1) is 11.3 Å². The SMILES string of the molecule is CCOC(=O)CN1CCC(N2CCN(c3ccc(C#N)cc3)C(=O)C2C)CC1. The molecule has 1 aromatic rings. The normalized spacial score (nSPS) is 22.1. The summed E-state index contributed by atoms with van der Waals surface area (Å²) < 4.78 is 5.03. The highest BCUT2D eigenvalue weighted by molar-refractivity contribution is 5.97. The number of likely N-dealkylation sites (tertiary alicyclic amines) is 1. The number of carbonyl (C=O) groups excluding carboxylic acids is 2. The van der Waals surface area contributed by atoms with E-state index in [1.54, 1.807) is 12.1 Å². The maximum absolute atomic E-state index is 13.0. The first kappa shape index (κ1) is 20.3. The molecule has 1 amide bonds. The van der Waals surface area contributed by atoms with Crippen molar-refractivity contribution in [3.05, 3.63) is 29.8 Å². The topological polar surface area (TPSA) is 76.9 Å². The molecule has 0 bridgehead atoms. The number of carbonyl (C=O) groups is 2. The molecule has 2 fully saturated rings. The molecule has 0 saturated carbocycles. The minimum atomic E-state index is -0.175. The second-order valence-corrected chi connectivity index (χ2v) is 7.37. The number of ether oxygens (including phenoxy) is 1. The van der Waals surface area contributed by atoms with Crippen molar-refractivity contribution < 1.29 is 14.3 Å². The predicted octanol–water partition coefficient (Wildman–Crippen LogP) is 1.62. The Kier molecular flexibility index (Phi) is 6.65. The molecule has 1 unspecified atom stereocenters. The van der Waals surface area contributed by atoms with E-state index in [1.807, 2.05) is 30.9 Å². The van der Waals surface area contributed by atoms with Crippen LogP contribution in [0.25, 0.3) is 0 Å². The van der Waals surface area contributed by atoms with Crippen LogP contribution in [0.1, 0.15) is 32.3 Å². The summed E-state index contributed by atoms with van der Waals surface area (Å²) in [6, 6.07) is 9.47. The molecule has 2 aliphatic rings. The number of nitriles is 1. The van der Waals surface area contributed by atoms with E-state index in [2.05, 4.69) is 15.9 Å². The molecule has 3 rings (SSSR count). The van der Waals surface area contributed by atoms with Gasteiger partial charge in [-0.25, -0.2) is 0 Å². The zero-order valence-corrected chi connectivity index (χ0v) is 16.6. The second kappa shape index (κ2) is 9.18. The van der Waals surface area contributed by atoms with Crippen molar-refractivity contribution in [2.45, 2.75) is 38.8 Å². The Labute approximate surface area is 166 Å². The number of piperidine rings is 1. The van der Waals surface area contributed by atoms with Gasteiger partial charge < -0.3 is 9.64 Å². The Morgan fingerprint density at radius 2 is 1.86 bits per heavy atom. The van der Waals surface area contributed by atoms with Gasteiger partial charge in [-0.3, -0.25) is 19.4 Å². The summed E-state index contributed by atoms with van der Waals surface area (Å²) in [5.41, 5.74) is 1.44. The molecule has 0 aromatic heterocycles. The molecule has 1 aromatic carbocycles. The van der Waals surface area contributed by atoms with Crippen molar-refractivity contribution in [2.24, 2.45) is 0 Å². The first-order valence-corrected chi connectivity index (χ1v) is 9.98. The van der Waals surface area contributed by atoms with Crippen LogP contribution < -0.4 is 4.90 Å². The summed E-state index contributed by atoms with van der Waals surface area (Å²) in [6.45, 7) is 7.73. The second-order valence-electron chi connectivity index (χ2n) is 7.37. The molecular formula is C21H28N4O3. The van der Waals surface area contributed by atoms with Gasteiger partial charge >= 0.3 is 5.97 Å². The van der Waals surface area contributed by atoms with Crippen molar-refractivity contribution in [1.29, 1.82) is 5.26 Å². The molecule has 0 N–H and O–H groups in total. The van der Waals surface area contributed by atoms with Crippen LogP contribution in [0.4, 0.5) is 5.69 Å². The minimum absolute atomic E-state index is 0.102. The van der Waals surface area contributed by atoms with E-state index in [0.29, 0.717) is 31.3 Å². The molecule has 1 atom stereocenters. The van der Waals surface area contributed by atoms with E-state index < -0.39 is 0 Å². The summed E-state index contributed by atoms with van der Waals surface area (Å²) in [5.74, 6) is -0.0644. The molecule has 7 nitrogen and oxygen atoms in total. The summed E-state index contributed by atoms with van der Waals surface area (Å²) in [4.78, 5) is 30.9. The molecule has 150 valence electrons. The monoisotopic (exact) mass is 384 g/mol. The van der Waals surface area contributed by atoms with Gasteiger partial charge in [-0.05, 0) is 51.0 Å². The maximum Gasteiger partial charge on any atom is 0.320 e. The van der Waals surface area contributed by atoms with E-state index in [0.717, 1.165) is 38.2 Å². The van der Waals surface area contributed by atoms with Crippen LogP contribution in [0.2, 0.25) is 0 Å². The first-order chi connectivity index (χ1) is 13.5. The average molecular weight is 384 g/mol. The molecule has 2 aliphatic heterocycles. The lowest BCUT2D eigenvalue weighted by atomic mass is 9.99. The predicted molar refractivity (Wildman–Crippen MR) is 106 cm³/mol. The highest BCUT2D eigenvalue weighted by atomic mass is 16.5. The third-order valence-electron chi connectivity index (χ3n) is 5.69. The molecule has 0 aliphatic carbocycles. The summed E-state index contributed by atoms with van der Waals surface area (Å²) in [6.07, 6.45) is 1.90. The summed E-state index contributed by atoms with van der Waals surface area (Å²) >= 11 is 0. The number of nitrogens with zero attached hydrogens (tertiary/aromatic N) is 4. The fourth-order valence-corrected chi connectivity index (χ4v) is 4.16. The zero-order valence-electron chi connectivity index (χ0n) is 16.6. The van der Waals surface area contributed by atoms with Gasteiger partial charge in [-0.2, -0.15) is 5.26 Å². The molecule has 7 heteroatoms. The Balaban J connectivity index is 1.55. The number of anilines is 1. The number of rotatable bonds is 5. The lowest BCUT2D eigenvalue weighted by Crippen LogP contribution is -2.60. The maximum atomic E-state index is 13.0. The number of hydrogen-bond donors (Lipinski definition) is 0. The van der Waals surface area contributed by atoms with Crippen molar-refractivity contribution in [2.75, 3.05) is 44.2 Å². The average Bonchev–Trinajstić information content (AvgIpc) is 2.71. The standard InChI is InChI=1S/C21H28N4O3/c1-3-28-20(26)15-23-10-8-19(9-11-23)24-12-13-25(21(27)16(24)2)18-6-4-17(14-22)5-7-18/h4-7,16,19H,3,8-13,15H2,1-2H3. The Morgan fingerprint density at radius 1 is 1.18 bits per heavy atom. The third kappa shape index (κ3) is 4.51. The van der Waals surface area contributed by atoms with Crippen molar-refractivity contribution in [3.8, 4) is 6.07 Å². The number of piperazine rings is 1. The van der Waals surface area contributed by atoms with E-state index in [9.17, 15) is 9.59 Å². The molecular weight excluding hydrogens is 356 g/mol. The molecule has 2 saturated heterocycles. The Morgan fingerprint density at radius 3 is 2.46 bits per heavy atom. The summed E-state index contributed by atoms with van der Waals surface area (Å²) in [7, 11) is 0. The van der Waals surface area contributed by atoms with Crippen LogP contribution in [0.3, 0.4) is 0 Å². The van der Waals surface area contributed by atoms with E-state index in [4.69, 9.17) is 10.00 Å². The first-order valence-electron chi connectivity index (χ1n) is 9.98. The number of hydrogen-bond acceptors (Lipinski definition) is 6. The molecule has 0 radical (unpaired) electrons. The molecule has 28 heavy (non-hydrogen) atoms. The van der Waals surface area contributed by atoms with Crippen molar-refractivity contribution in [3.63, 3.8) is 0 Å². The van der Waals surface area contributed by atoms with Crippen LogP contribution in [-0.2, 0) is 14.3 Å². The van der Waals surface area contributed by atoms with Gasteiger partial charge in [0.1, 0.15) is 0 Å². The Hall–Kier alpha value is -2.43. The highest BCUT2D eigenvalue weighted by Crippen LogP contribution is 2.25. The van der Waals surface area contributed by atoms with Crippen LogP contribution in [-0.4, -0.2) is 73.1 Å². The fourth-order valence-electron chi connectivity index (χ4n) is 4.16. The Bertz CT molecular complexity index is 735. The molecule has 0 spiro atoms. The van der Waals surface area contributed by atoms with E-state index in [-0.39, 0.29) is 17.9 Å². The van der Waals surface area contributed by atoms with Gasteiger partial charge in [0.2, 0.25) is 5.91 Å². The molecule has 2 heterocycles. The highest BCUT2D eigenvalue weighted by Gasteiger charge is 2.37. The van der Waals surface area contributed by atoms with E-state index >= 15 is 0 Å². The van der Waals surface area contributed by atoms with E-state index in [1.165, 1.54) is 0 Å². The van der Waals surface area contributed by atoms with Gasteiger partial charge in [0, 0.05) is 37.9 Å². The largest absolute Gasteiger partial charge is 0.465 e. The fraction of sp³-hybridized carbons (Fsp3) is 0.571. The van der Waals surface area contributed by atoms with Gasteiger partial charge in [-0.15, -0.1) is 0 Å². The quantitative estimate of drug-likeness (QED) is 0.718. The lowest BCUT2D eigenvalue weighted by Gasteiger charge is -2.45. The number of benzene rings is 1.